The molecule has 1 rings (SSSR count). The van der Waals surface area contributed by atoms with E-state index in [-0.39, 0.29) is 5.97 Å². The first kappa shape index (κ1) is 13.1. The number of benzene rings is 1. The zero-order valence-electron chi connectivity index (χ0n) is 10.3. The van der Waals surface area contributed by atoms with E-state index in [0.29, 0.717) is 23.4 Å². The third-order valence-corrected chi connectivity index (χ3v) is 2.42. The Morgan fingerprint density at radius 3 is 2.65 bits per heavy atom. The monoisotopic (exact) mass is 235 g/mol. The normalized spacial score (nSPS) is 11.1. The summed E-state index contributed by atoms with van der Waals surface area (Å²) in [5, 5.41) is 0. The lowest BCUT2D eigenvalue weighted by molar-refractivity contribution is -0.136. The highest BCUT2D eigenvalue weighted by Crippen LogP contribution is 2.24. The van der Waals surface area contributed by atoms with Crippen LogP contribution in [0.5, 0.6) is 5.75 Å². The molecule has 0 fully saturated rings. The van der Waals surface area contributed by atoms with Crippen LogP contribution >= 0.6 is 0 Å². The topological polar surface area (TPSA) is 61.5 Å². The van der Waals surface area contributed by atoms with Crippen molar-refractivity contribution in [1.82, 2.24) is 0 Å². The maximum absolute atomic E-state index is 11.5. The Hall–Kier alpha value is -1.97. The molecule has 2 N–H and O–H groups in total. The molecule has 92 valence electrons. The Bertz CT molecular complexity index is 438. The molecule has 0 unspecified atom stereocenters. The molecule has 1 aromatic rings. The highest BCUT2D eigenvalue weighted by molar-refractivity contribution is 5.94. The molecule has 17 heavy (non-hydrogen) atoms. The summed E-state index contributed by atoms with van der Waals surface area (Å²) >= 11 is 0. The molecule has 0 aliphatic heterocycles. The minimum atomic E-state index is -0.327. The number of nitrogens with two attached hydrogens (primary N) is 1. The van der Waals surface area contributed by atoms with Crippen molar-refractivity contribution < 1.29 is 14.3 Å². The van der Waals surface area contributed by atoms with Crippen molar-refractivity contribution in [3.63, 3.8) is 0 Å². The first-order valence-electron chi connectivity index (χ1n) is 5.34. The average Bonchev–Trinajstić information content (AvgIpc) is 2.36. The number of carbonyl (C=O) groups is 1. The second kappa shape index (κ2) is 5.94. The Morgan fingerprint density at radius 1 is 1.41 bits per heavy atom. The third-order valence-electron chi connectivity index (χ3n) is 2.42. The van der Waals surface area contributed by atoms with Gasteiger partial charge < -0.3 is 15.2 Å². The van der Waals surface area contributed by atoms with Gasteiger partial charge in [0.15, 0.2) is 0 Å². The van der Waals surface area contributed by atoms with Gasteiger partial charge in [0.05, 0.1) is 14.2 Å². The van der Waals surface area contributed by atoms with Crippen molar-refractivity contribution in [1.29, 1.82) is 0 Å². The first-order valence-corrected chi connectivity index (χ1v) is 5.34. The summed E-state index contributed by atoms with van der Waals surface area (Å²) in [5.74, 6) is 0.311. The molecule has 0 radical (unpaired) electrons. The van der Waals surface area contributed by atoms with E-state index in [1.165, 1.54) is 7.11 Å². The molecule has 4 nitrogen and oxygen atoms in total. The zero-order chi connectivity index (χ0) is 12.8. The van der Waals surface area contributed by atoms with Crippen LogP contribution in [-0.4, -0.2) is 20.2 Å². The molecular formula is C13H17NO3. The smallest absolute Gasteiger partial charge is 0.333 e. The van der Waals surface area contributed by atoms with E-state index in [9.17, 15) is 4.79 Å². The summed E-state index contributed by atoms with van der Waals surface area (Å²) in [5.41, 5.74) is 7.68. The number of anilines is 1. The van der Waals surface area contributed by atoms with E-state index >= 15 is 0 Å². The second-order valence-corrected chi connectivity index (χ2v) is 3.52. The van der Waals surface area contributed by atoms with Crippen molar-refractivity contribution >= 4 is 17.7 Å². The molecule has 0 aliphatic carbocycles. The molecule has 0 saturated heterocycles. The van der Waals surface area contributed by atoms with E-state index in [0.717, 1.165) is 5.56 Å². The van der Waals surface area contributed by atoms with E-state index in [4.69, 9.17) is 15.2 Å². The highest BCUT2D eigenvalue weighted by Gasteiger charge is 2.09. The summed E-state index contributed by atoms with van der Waals surface area (Å²) in [6, 6.07) is 5.29. The van der Waals surface area contributed by atoms with E-state index in [1.54, 1.807) is 25.3 Å². The number of esters is 1. The van der Waals surface area contributed by atoms with Gasteiger partial charge in [-0.1, -0.05) is 6.92 Å². The van der Waals surface area contributed by atoms with Crippen molar-refractivity contribution in [2.45, 2.75) is 13.3 Å². The second-order valence-electron chi connectivity index (χ2n) is 3.52. The summed E-state index contributed by atoms with van der Waals surface area (Å²) in [6.45, 7) is 1.90. The minimum Gasteiger partial charge on any atom is -0.496 e. The number of carbonyl (C=O) groups excluding carboxylic acids is 1. The van der Waals surface area contributed by atoms with E-state index < -0.39 is 0 Å². The van der Waals surface area contributed by atoms with Gasteiger partial charge in [-0.2, -0.15) is 0 Å². The quantitative estimate of drug-likeness (QED) is 0.494. The van der Waals surface area contributed by atoms with Gasteiger partial charge in [0, 0.05) is 22.9 Å². The van der Waals surface area contributed by atoms with Crippen LogP contribution in [0.1, 0.15) is 18.9 Å². The maximum Gasteiger partial charge on any atom is 0.333 e. The number of rotatable bonds is 4. The van der Waals surface area contributed by atoms with Crippen LogP contribution in [0.2, 0.25) is 0 Å². The first-order chi connectivity index (χ1) is 8.12. The lowest BCUT2D eigenvalue weighted by atomic mass is 10.1. The third kappa shape index (κ3) is 3.24. The average molecular weight is 235 g/mol. The van der Waals surface area contributed by atoms with Gasteiger partial charge in [-0.25, -0.2) is 4.79 Å². The molecule has 0 aliphatic rings. The molecule has 0 atom stereocenters. The maximum atomic E-state index is 11.5. The highest BCUT2D eigenvalue weighted by atomic mass is 16.5. The van der Waals surface area contributed by atoms with Crippen molar-refractivity contribution in [3.05, 3.63) is 29.3 Å². The van der Waals surface area contributed by atoms with Crippen molar-refractivity contribution in [2.24, 2.45) is 0 Å². The van der Waals surface area contributed by atoms with Crippen LogP contribution in [0.4, 0.5) is 5.69 Å². The fraction of sp³-hybridized carbons (Fsp3) is 0.308. The Morgan fingerprint density at radius 2 is 2.12 bits per heavy atom. The van der Waals surface area contributed by atoms with Gasteiger partial charge >= 0.3 is 5.97 Å². The number of nitrogen functional groups attached to an aromatic ring is 1. The van der Waals surface area contributed by atoms with E-state index in [1.807, 2.05) is 13.0 Å². The SMILES string of the molecule is CC/C(=C/c1ccc(N)cc1OC)C(=O)OC. The summed E-state index contributed by atoms with van der Waals surface area (Å²) in [7, 11) is 2.93. The fourth-order valence-electron chi connectivity index (χ4n) is 1.47. The minimum absolute atomic E-state index is 0.327. The molecule has 0 saturated carbocycles. The summed E-state index contributed by atoms with van der Waals surface area (Å²) in [6.07, 6.45) is 2.35. The number of ether oxygens (including phenoxy) is 2. The van der Waals surface area contributed by atoms with Crippen LogP contribution in [0.25, 0.3) is 6.08 Å². The van der Waals surface area contributed by atoms with Crippen LogP contribution in [0, 0.1) is 0 Å². The molecule has 0 spiro atoms. The number of methoxy groups -OCH3 is 2. The molecule has 1 aromatic carbocycles. The van der Waals surface area contributed by atoms with Gasteiger partial charge in [0.2, 0.25) is 0 Å². The van der Waals surface area contributed by atoms with Gasteiger partial charge in [0.1, 0.15) is 5.75 Å². The van der Waals surface area contributed by atoms with Crippen LogP contribution < -0.4 is 10.5 Å². The van der Waals surface area contributed by atoms with Crippen LogP contribution in [-0.2, 0) is 9.53 Å². The summed E-state index contributed by atoms with van der Waals surface area (Å²) in [4.78, 5) is 11.5. The Balaban J connectivity index is 3.15. The standard InChI is InChI=1S/C13H17NO3/c1-4-9(13(15)17-3)7-10-5-6-11(14)8-12(10)16-2/h5-8H,4,14H2,1-3H3/b9-7-. The van der Waals surface area contributed by atoms with Crippen LogP contribution in [0.15, 0.2) is 23.8 Å². The molecular weight excluding hydrogens is 218 g/mol. The fourth-order valence-corrected chi connectivity index (χ4v) is 1.47. The Kier molecular flexibility index (Phi) is 4.57. The largest absolute Gasteiger partial charge is 0.496 e. The summed E-state index contributed by atoms with van der Waals surface area (Å²) < 4.78 is 9.91. The Labute approximate surface area is 101 Å². The number of hydrogen-bond donors (Lipinski definition) is 1. The molecule has 4 heteroatoms. The van der Waals surface area contributed by atoms with Crippen LogP contribution in [0.3, 0.4) is 0 Å². The van der Waals surface area contributed by atoms with Gasteiger partial charge in [0.25, 0.3) is 0 Å². The van der Waals surface area contributed by atoms with E-state index in [2.05, 4.69) is 0 Å². The molecule has 0 aromatic heterocycles. The lowest BCUT2D eigenvalue weighted by Crippen LogP contribution is -2.03. The van der Waals surface area contributed by atoms with Gasteiger partial charge in [-0.15, -0.1) is 0 Å². The van der Waals surface area contributed by atoms with Crippen molar-refractivity contribution in [3.8, 4) is 5.75 Å². The van der Waals surface area contributed by atoms with Crippen molar-refractivity contribution in [2.75, 3.05) is 20.0 Å². The molecule has 0 heterocycles. The molecule has 0 amide bonds. The van der Waals surface area contributed by atoms with Gasteiger partial charge in [-0.05, 0) is 24.6 Å². The lowest BCUT2D eigenvalue weighted by Gasteiger charge is -2.07. The number of hydrogen-bond acceptors (Lipinski definition) is 4. The zero-order valence-corrected chi connectivity index (χ0v) is 10.3. The predicted molar refractivity (Wildman–Crippen MR) is 67.7 cm³/mol. The predicted octanol–water partition coefficient (Wildman–Crippen LogP) is 2.24. The molecule has 0 bridgehead atoms. The van der Waals surface area contributed by atoms with Gasteiger partial charge in [-0.3, -0.25) is 0 Å².